The van der Waals surface area contributed by atoms with E-state index >= 15 is 0 Å². The summed E-state index contributed by atoms with van der Waals surface area (Å²) in [4.78, 5) is 12.5. The second-order valence-electron chi connectivity index (χ2n) is 2.77. The average molecular weight is 206 g/mol. The minimum atomic E-state index is 0.756. The topological polar surface area (TPSA) is 43.6 Å². The van der Waals surface area contributed by atoms with E-state index in [9.17, 15) is 0 Å². The summed E-state index contributed by atoms with van der Waals surface area (Å²) in [5.74, 6) is 1.59. The Bertz CT molecular complexity index is 398. The molecule has 0 saturated heterocycles. The van der Waals surface area contributed by atoms with Gasteiger partial charge in [-0.15, -0.1) is 0 Å². The van der Waals surface area contributed by atoms with E-state index in [-0.39, 0.29) is 0 Å². The van der Waals surface area contributed by atoms with Gasteiger partial charge in [0.05, 0.1) is 5.75 Å². The lowest BCUT2D eigenvalue weighted by Crippen LogP contribution is -1.93. The molecule has 2 rings (SSSR count). The number of thioether (sulfide) groups is 1. The normalized spacial score (nSPS) is 10.4. The Balaban J connectivity index is 1.99. The van der Waals surface area contributed by atoms with Crippen molar-refractivity contribution in [2.45, 2.75) is 10.9 Å². The fourth-order valence-electron chi connectivity index (χ4n) is 1.02. The van der Waals surface area contributed by atoms with E-state index in [1.54, 1.807) is 30.4 Å². The number of nitrogens with zero attached hydrogens (tertiary/aromatic N) is 4. The van der Waals surface area contributed by atoms with Crippen LogP contribution in [0.1, 0.15) is 5.82 Å². The van der Waals surface area contributed by atoms with Gasteiger partial charge >= 0.3 is 0 Å². The maximum atomic E-state index is 4.20. The summed E-state index contributed by atoms with van der Waals surface area (Å²) < 4.78 is 1.98. The SMILES string of the molecule is Cn1ccnc1SCc1ncccn1. The van der Waals surface area contributed by atoms with Gasteiger partial charge in [-0.3, -0.25) is 0 Å². The van der Waals surface area contributed by atoms with Crippen molar-refractivity contribution in [1.82, 2.24) is 19.5 Å². The molecule has 2 heterocycles. The fourth-order valence-corrected chi connectivity index (χ4v) is 1.83. The molecule has 0 radical (unpaired) electrons. The van der Waals surface area contributed by atoms with Gasteiger partial charge in [-0.05, 0) is 6.07 Å². The minimum absolute atomic E-state index is 0.756. The van der Waals surface area contributed by atoms with Crippen LogP contribution in [0.15, 0.2) is 36.0 Å². The molecule has 0 N–H and O–H groups in total. The van der Waals surface area contributed by atoms with Crippen LogP contribution in [-0.2, 0) is 12.8 Å². The van der Waals surface area contributed by atoms with Gasteiger partial charge in [-0.2, -0.15) is 0 Å². The van der Waals surface area contributed by atoms with Gasteiger partial charge in [0.2, 0.25) is 0 Å². The summed E-state index contributed by atoms with van der Waals surface area (Å²) in [5.41, 5.74) is 0. The monoisotopic (exact) mass is 206 g/mol. The van der Waals surface area contributed by atoms with Crippen molar-refractivity contribution in [2.24, 2.45) is 7.05 Å². The van der Waals surface area contributed by atoms with E-state index in [4.69, 9.17) is 0 Å². The zero-order chi connectivity index (χ0) is 9.80. The molecule has 0 aliphatic carbocycles. The lowest BCUT2D eigenvalue weighted by Gasteiger charge is -1.99. The van der Waals surface area contributed by atoms with E-state index < -0.39 is 0 Å². The van der Waals surface area contributed by atoms with Crippen molar-refractivity contribution >= 4 is 11.8 Å². The third-order valence-electron chi connectivity index (χ3n) is 1.73. The molecule has 0 spiro atoms. The molecule has 0 amide bonds. The first-order valence-corrected chi connectivity index (χ1v) is 5.21. The highest BCUT2D eigenvalue weighted by Crippen LogP contribution is 2.17. The Morgan fingerprint density at radius 3 is 2.64 bits per heavy atom. The Kier molecular flexibility index (Phi) is 2.78. The molecule has 0 aromatic carbocycles. The molecule has 2 aromatic heterocycles. The molecule has 5 heteroatoms. The predicted octanol–water partition coefficient (Wildman–Crippen LogP) is 1.50. The van der Waals surface area contributed by atoms with Crippen molar-refractivity contribution in [3.63, 3.8) is 0 Å². The molecule has 14 heavy (non-hydrogen) atoms. The smallest absolute Gasteiger partial charge is 0.168 e. The fraction of sp³-hybridized carbons (Fsp3) is 0.222. The summed E-state index contributed by atoms with van der Waals surface area (Å²) in [7, 11) is 1.97. The second kappa shape index (κ2) is 4.23. The predicted molar refractivity (Wildman–Crippen MR) is 54.8 cm³/mol. The van der Waals surface area contributed by atoms with Gasteiger partial charge in [0.15, 0.2) is 5.16 Å². The highest BCUT2D eigenvalue weighted by molar-refractivity contribution is 7.98. The van der Waals surface area contributed by atoms with Crippen molar-refractivity contribution in [1.29, 1.82) is 0 Å². The minimum Gasteiger partial charge on any atom is -0.329 e. The lowest BCUT2D eigenvalue weighted by molar-refractivity contribution is 0.789. The third kappa shape index (κ3) is 2.11. The van der Waals surface area contributed by atoms with Gasteiger partial charge < -0.3 is 4.57 Å². The molecule has 0 fully saturated rings. The number of rotatable bonds is 3. The summed E-state index contributed by atoms with van der Waals surface area (Å²) in [6.45, 7) is 0. The Hall–Kier alpha value is -1.36. The van der Waals surface area contributed by atoms with Crippen LogP contribution in [0.4, 0.5) is 0 Å². The van der Waals surface area contributed by atoms with Crippen molar-refractivity contribution in [3.8, 4) is 0 Å². The van der Waals surface area contributed by atoms with E-state index in [1.165, 1.54) is 0 Å². The molecular formula is C9H10N4S. The first-order valence-electron chi connectivity index (χ1n) is 4.22. The molecule has 0 unspecified atom stereocenters. The first-order chi connectivity index (χ1) is 6.86. The van der Waals surface area contributed by atoms with Gasteiger partial charge in [0.1, 0.15) is 5.82 Å². The molecular weight excluding hydrogens is 196 g/mol. The zero-order valence-electron chi connectivity index (χ0n) is 7.79. The number of hydrogen-bond acceptors (Lipinski definition) is 4. The number of imidazole rings is 1. The van der Waals surface area contributed by atoms with Crippen LogP contribution in [-0.4, -0.2) is 19.5 Å². The maximum Gasteiger partial charge on any atom is 0.168 e. The van der Waals surface area contributed by atoms with Gasteiger partial charge in [-0.25, -0.2) is 15.0 Å². The van der Waals surface area contributed by atoms with Crippen molar-refractivity contribution < 1.29 is 0 Å². The molecule has 0 bridgehead atoms. The van der Waals surface area contributed by atoms with E-state index in [1.807, 2.05) is 23.9 Å². The van der Waals surface area contributed by atoms with Gasteiger partial charge in [0, 0.05) is 31.8 Å². The molecule has 0 atom stereocenters. The third-order valence-corrected chi connectivity index (χ3v) is 2.78. The van der Waals surface area contributed by atoms with Crippen LogP contribution in [0.2, 0.25) is 0 Å². The van der Waals surface area contributed by atoms with Crippen LogP contribution in [0.25, 0.3) is 0 Å². The molecule has 0 saturated carbocycles. The highest BCUT2D eigenvalue weighted by atomic mass is 32.2. The van der Waals surface area contributed by atoms with Crippen molar-refractivity contribution in [3.05, 3.63) is 36.7 Å². The van der Waals surface area contributed by atoms with Crippen LogP contribution in [0.3, 0.4) is 0 Å². The van der Waals surface area contributed by atoms with E-state index in [2.05, 4.69) is 15.0 Å². The Morgan fingerprint density at radius 1 is 1.21 bits per heavy atom. The standard InChI is InChI=1S/C9H10N4S/c1-13-6-5-12-9(13)14-7-8-10-3-2-4-11-8/h2-6H,7H2,1H3. The summed E-state index contributed by atoms with van der Waals surface area (Å²) in [5, 5.41) is 0.984. The average Bonchev–Trinajstić information content (AvgIpc) is 2.63. The summed E-state index contributed by atoms with van der Waals surface area (Å²) in [6, 6.07) is 1.81. The lowest BCUT2D eigenvalue weighted by atomic mass is 10.6. The Morgan fingerprint density at radius 2 is 2.00 bits per heavy atom. The first kappa shape index (κ1) is 9.21. The maximum absolute atomic E-state index is 4.20. The molecule has 0 aliphatic rings. The van der Waals surface area contributed by atoms with E-state index in [0.717, 1.165) is 16.7 Å². The van der Waals surface area contributed by atoms with Crippen LogP contribution in [0, 0.1) is 0 Å². The molecule has 2 aromatic rings. The van der Waals surface area contributed by atoms with E-state index in [0.29, 0.717) is 0 Å². The summed E-state index contributed by atoms with van der Waals surface area (Å²) in [6.07, 6.45) is 7.21. The number of aryl methyl sites for hydroxylation is 1. The molecule has 4 nitrogen and oxygen atoms in total. The van der Waals surface area contributed by atoms with Crippen LogP contribution in [0.5, 0.6) is 0 Å². The van der Waals surface area contributed by atoms with Gasteiger partial charge in [-0.1, -0.05) is 11.8 Å². The van der Waals surface area contributed by atoms with Crippen LogP contribution < -0.4 is 0 Å². The van der Waals surface area contributed by atoms with Crippen molar-refractivity contribution in [2.75, 3.05) is 0 Å². The quantitative estimate of drug-likeness (QED) is 0.714. The summed E-state index contributed by atoms with van der Waals surface area (Å²) >= 11 is 1.63. The zero-order valence-corrected chi connectivity index (χ0v) is 8.61. The largest absolute Gasteiger partial charge is 0.329 e. The number of hydrogen-bond donors (Lipinski definition) is 0. The molecule has 72 valence electrons. The van der Waals surface area contributed by atoms with Crippen LogP contribution >= 0.6 is 11.8 Å². The molecule has 0 aliphatic heterocycles. The highest BCUT2D eigenvalue weighted by Gasteiger charge is 2.01. The Labute approximate surface area is 86.4 Å². The number of aromatic nitrogens is 4. The van der Waals surface area contributed by atoms with Gasteiger partial charge in [0.25, 0.3) is 0 Å². The second-order valence-corrected chi connectivity index (χ2v) is 3.72.